The first-order chi connectivity index (χ1) is 24.2. The average Bonchev–Trinajstić information content (AvgIpc) is 3.66. The molecule has 0 fully saturated rings. The third-order valence-corrected chi connectivity index (χ3v) is 11.4. The largest absolute Gasteiger partial charge is 0.309 e. The van der Waals surface area contributed by atoms with Gasteiger partial charge in [-0.15, -0.1) is 0 Å². The maximum Gasteiger partial charge on any atom is 0.0754 e. The lowest BCUT2D eigenvalue weighted by molar-refractivity contribution is 0.749. The topological polar surface area (TPSA) is 4.93 Å². The summed E-state index contributed by atoms with van der Waals surface area (Å²) >= 11 is 0. The number of hydrogen-bond acceptors (Lipinski definition) is 0. The predicted octanol–water partition coefficient (Wildman–Crippen LogP) is 12.0. The van der Waals surface area contributed by atoms with Crippen LogP contribution in [0.5, 0.6) is 0 Å². The number of fused-ring (bicyclic) bond motifs is 12. The molecule has 1 aromatic heterocycles. The second kappa shape index (κ2) is 9.69. The highest BCUT2D eigenvalue weighted by molar-refractivity contribution is 6.13. The van der Waals surface area contributed by atoms with Crippen molar-refractivity contribution in [1.82, 2.24) is 4.57 Å². The molecule has 8 aromatic rings. The van der Waals surface area contributed by atoms with E-state index in [9.17, 15) is 0 Å². The van der Waals surface area contributed by atoms with Gasteiger partial charge < -0.3 is 4.57 Å². The van der Waals surface area contributed by atoms with Crippen LogP contribution >= 0.6 is 0 Å². The molecule has 1 atom stereocenters. The zero-order valence-electron chi connectivity index (χ0n) is 26.9. The van der Waals surface area contributed by atoms with Crippen molar-refractivity contribution >= 4 is 38.2 Å². The molecule has 7 aromatic carbocycles. The maximum atomic E-state index is 4.46. The van der Waals surface area contributed by atoms with E-state index in [2.05, 4.69) is 175 Å². The molecule has 1 heteroatoms. The Balaban J connectivity index is 1.26. The summed E-state index contributed by atoms with van der Waals surface area (Å²) < 4.78 is 2.52. The molecule has 3 aliphatic rings. The first-order valence-electron chi connectivity index (χ1n) is 17.2. The number of benzene rings is 7. The number of allylic oxidation sites excluding steroid dienone is 5. The predicted molar refractivity (Wildman–Crippen MR) is 206 cm³/mol. The lowest BCUT2D eigenvalue weighted by atomic mass is 9.65. The fourth-order valence-electron chi connectivity index (χ4n) is 9.44. The van der Waals surface area contributed by atoms with Gasteiger partial charge in [-0.3, -0.25) is 0 Å². The quantitative estimate of drug-likeness (QED) is 0.172. The van der Waals surface area contributed by atoms with E-state index < -0.39 is 5.41 Å². The van der Waals surface area contributed by atoms with Crippen LogP contribution in [0.1, 0.15) is 33.4 Å². The molecule has 49 heavy (non-hydrogen) atoms. The summed E-state index contributed by atoms with van der Waals surface area (Å²) in [6.45, 7) is 4.46. The standard InChI is InChI=1S/C48H31N/c1-30-13-3-2-4-14-31-15-11-18-38-34(28-27-33(30)46(31)38)32-25-26-36-35-16-5-7-20-40(35)48(43(36)29-32)41-21-8-10-24-45(41)49-44-23-9-6-17-37(44)39-19-12-22-42(48)47(39)49/h2-13,15-29H,1,14H2/b4-2-,13-3-. The summed E-state index contributed by atoms with van der Waals surface area (Å²) in [5.41, 5.74) is 17.4. The Labute approximate surface area is 285 Å². The average molecular weight is 622 g/mol. The summed E-state index contributed by atoms with van der Waals surface area (Å²) in [5, 5.41) is 5.18. The Bertz CT molecular complexity index is 2820. The molecule has 0 saturated heterocycles. The molecule has 1 spiro atoms. The Morgan fingerprint density at radius 2 is 1.24 bits per heavy atom. The van der Waals surface area contributed by atoms with Crippen molar-refractivity contribution in [2.75, 3.05) is 0 Å². The van der Waals surface area contributed by atoms with Crippen molar-refractivity contribution in [3.63, 3.8) is 0 Å². The number of para-hydroxylation sites is 3. The van der Waals surface area contributed by atoms with Crippen LogP contribution < -0.4 is 0 Å². The zero-order valence-corrected chi connectivity index (χ0v) is 26.9. The van der Waals surface area contributed by atoms with E-state index in [1.807, 2.05) is 0 Å². The number of aromatic nitrogens is 1. The van der Waals surface area contributed by atoms with Crippen LogP contribution in [0.4, 0.5) is 0 Å². The second-order valence-corrected chi connectivity index (χ2v) is 13.6. The highest BCUT2D eigenvalue weighted by Gasteiger charge is 2.50. The van der Waals surface area contributed by atoms with Gasteiger partial charge in [-0.05, 0) is 96.6 Å². The van der Waals surface area contributed by atoms with Crippen LogP contribution in [0, 0.1) is 0 Å². The Morgan fingerprint density at radius 3 is 2.20 bits per heavy atom. The van der Waals surface area contributed by atoms with Crippen molar-refractivity contribution in [1.29, 1.82) is 0 Å². The second-order valence-electron chi connectivity index (χ2n) is 13.6. The summed E-state index contributed by atoms with van der Waals surface area (Å²) in [5.74, 6) is 0. The molecule has 1 unspecified atom stereocenters. The van der Waals surface area contributed by atoms with E-state index in [4.69, 9.17) is 0 Å². The van der Waals surface area contributed by atoms with Gasteiger partial charge in [0, 0.05) is 10.8 Å². The molecular formula is C48H31N. The van der Waals surface area contributed by atoms with Crippen molar-refractivity contribution in [2.24, 2.45) is 0 Å². The van der Waals surface area contributed by atoms with Gasteiger partial charge in [0.1, 0.15) is 0 Å². The van der Waals surface area contributed by atoms with Crippen LogP contribution in [-0.2, 0) is 11.8 Å². The highest BCUT2D eigenvalue weighted by Crippen LogP contribution is 2.61. The van der Waals surface area contributed by atoms with Crippen molar-refractivity contribution in [3.8, 4) is 27.9 Å². The number of nitrogens with zero attached hydrogens (tertiary/aromatic N) is 1. The summed E-state index contributed by atoms with van der Waals surface area (Å²) in [4.78, 5) is 0. The molecule has 0 radical (unpaired) electrons. The zero-order chi connectivity index (χ0) is 32.3. The molecule has 11 rings (SSSR count). The molecule has 1 aliphatic heterocycles. The molecule has 0 saturated carbocycles. The summed E-state index contributed by atoms with van der Waals surface area (Å²) in [7, 11) is 0. The van der Waals surface area contributed by atoms with Crippen LogP contribution in [0.2, 0.25) is 0 Å². The van der Waals surface area contributed by atoms with Crippen molar-refractivity contribution in [2.45, 2.75) is 11.8 Å². The molecule has 228 valence electrons. The van der Waals surface area contributed by atoms with E-state index in [-0.39, 0.29) is 0 Å². The highest BCUT2D eigenvalue weighted by atomic mass is 15.0. The minimum Gasteiger partial charge on any atom is -0.309 e. The van der Waals surface area contributed by atoms with Crippen LogP contribution in [0.25, 0.3) is 66.1 Å². The fourth-order valence-corrected chi connectivity index (χ4v) is 9.44. The summed E-state index contributed by atoms with van der Waals surface area (Å²) in [6.07, 6.45) is 9.51. The van der Waals surface area contributed by atoms with Gasteiger partial charge in [0.2, 0.25) is 0 Å². The van der Waals surface area contributed by atoms with E-state index in [1.54, 1.807) is 0 Å². The maximum absolute atomic E-state index is 4.46. The summed E-state index contributed by atoms with van der Waals surface area (Å²) in [6, 6.07) is 52.7. The van der Waals surface area contributed by atoms with Crippen molar-refractivity contribution < 1.29 is 0 Å². The van der Waals surface area contributed by atoms with Crippen LogP contribution in [-0.4, -0.2) is 4.57 Å². The van der Waals surface area contributed by atoms with Crippen LogP contribution in [0.3, 0.4) is 0 Å². The van der Waals surface area contributed by atoms with E-state index in [0.717, 1.165) is 12.0 Å². The van der Waals surface area contributed by atoms with Gasteiger partial charge in [0.05, 0.1) is 22.1 Å². The van der Waals surface area contributed by atoms with Gasteiger partial charge in [0.25, 0.3) is 0 Å². The first-order valence-corrected chi connectivity index (χ1v) is 17.2. The number of hydrogen-bond donors (Lipinski definition) is 0. The van der Waals surface area contributed by atoms with Gasteiger partial charge in [-0.1, -0.05) is 152 Å². The molecule has 2 aliphatic carbocycles. The molecule has 0 bridgehead atoms. The van der Waals surface area contributed by atoms with Gasteiger partial charge in [-0.2, -0.15) is 0 Å². The molecular weight excluding hydrogens is 591 g/mol. The van der Waals surface area contributed by atoms with E-state index in [0.29, 0.717) is 0 Å². The fraction of sp³-hybridized carbons (Fsp3) is 0.0417. The molecule has 2 heterocycles. The van der Waals surface area contributed by atoms with Crippen molar-refractivity contribution in [3.05, 3.63) is 204 Å². The SMILES string of the molecule is C=C1/C=C\C=C/Cc2cccc3c(-c4ccc5c(c4)C4(c6ccccc6-5)c5ccccc5-n5c6ccccc6c6cccc4c65)ccc1c23. The minimum atomic E-state index is -0.466. The lowest BCUT2D eigenvalue weighted by Gasteiger charge is -2.39. The van der Waals surface area contributed by atoms with Gasteiger partial charge >= 0.3 is 0 Å². The Kier molecular flexibility index (Phi) is 5.31. The lowest BCUT2D eigenvalue weighted by Crippen LogP contribution is -2.33. The third-order valence-electron chi connectivity index (χ3n) is 11.4. The smallest absolute Gasteiger partial charge is 0.0754 e. The van der Waals surface area contributed by atoms with E-state index in [1.165, 1.54) is 93.9 Å². The Morgan fingerprint density at radius 1 is 0.531 bits per heavy atom. The molecule has 0 N–H and O–H groups in total. The van der Waals surface area contributed by atoms with Crippen LogP contribution in [0.15, 0.2) is 170 Å². The van der Waals surface area contributed by atoms with E-state index >= 15 is 0 Å². The van der Waals surface area contributed by atoms with Gasteiger partial charge in [0.15, 0.2) is 0 Å². The monoisotopic (exact) mass is 621 g/mol. The normalized spacial score (nSPS) is 18.2. The first kappa shape index (κ1) is 26.8. The van der Waals surface area contributed by atoms with Gasteiger partial charge in [-0.25, -0.2) is 0 Å². The molecule has 1 nitrogen and oxygen atoms in total. The minimum absolute atomic E-state index is 0.466. The third kappa shape index (κ3) is 3.34. The number of rotatable bonds is 1. The molecule has 0 amide bonds. The Hall–Kier alpha value is -6.18.